The van der Waals surface area contributed by atoms with Gasteiger partial charge in [0, 0.05) is 38.4 Å². The summed E-state index contributed by atoms with van der Waals surface area (Å²) in [4.78, 5) is 12.8. The standard InChI is InChI=1S/C22H34N4O3S/c1-14(2)13-26-18(6)20(17(5)24-26)9-10-22(27)23-21-12-19(11-15(3)16(21)4)30(28,29)25(7)8/h11-12,14H,9-10,13H2,1-8H3,(H,23,27). The number of nitrogens with zero attached hydrogens (tertiary/aromatic N) is 3. The van der Waals surface area contributed by atoms with E-state index < -0.39 is 10.0 Å². The van der Waals surface area contributed by atoms with Crippen LogP contribution in [-0.2, 0) is 27.8 Å². The molecule has 0 saturated carbocycles. The molecule has 1 amide bonds. The highest BCUT2D eigenvalue weighted by atomic mass is 32.2. The summed E-state index contributed by atoms with van der Waals surface area (Å²) in [6.07, 6.45) is 0.896. The van der Waals surface area contributed by atoms with E-state index in [-0.39, 0.29) is 10.8 Å². The van der Waals surface area contributed by atoms with Crippen LogP contribution in [-0.4, -0.2) is 42.5 Å². The van der Waals surface area contributed by atoms with Gasteiger partial charge in [0.25, 0.3) is 0 Å². The number of aryl methyl sites for hydroxylation is 2. The average Bonchev–Trinajstić information content (AvgIpc) is 2.89. The molecule has 1 N–H and O–H groups in total. The summed E-state index contributed by atoms with van der Waals surface area (Å²) in [5.41, 5.74) is 5.35. The molecule has 0 aliphatic carbocycles. The van der Waals surface area contributed by atoms with Gasteiger partial charge < -0.3 is 5.32 Å². The van der Waals surface area contributed by atoms with Crippen molar-refractivity contribution in [2.75, 3.05) is 19.4 Å². The number of carbonyl (C=O) groups excluding carboxylic acids is 1. The third-order valence-electron chi connectivity index (χ3n) is 5.37. The maximum absolute atomic E-state index is 12.7. The lowest BCUT2D eigenvalue weighted by atomic mass is 10.1. The van der Waals surface area contributed by atoms with Gasteiger partial charge in [0.1, 0.15) is 0 Å². The van der Waals surface area contributed by atoms with Gasteiger partial charge >= 0.3 is 0 Å². The van der Waals surface area contributed by atoms with E-state index in [1.807, 2.05) is 32.4 Å². The van der Waals surface area contributed by atoms with Gasteiger partial charge in [-0.2, -0.15) is 5.10 Å². The largest absolute Gasteiger partial charge is 0.326 e. The van der Waals surface area contributed by atoms with E-state index in [1.165, 1.54) is 24.5 Å². The lowest BCUT2D eigenvalue weighted by Gasteiger charge is -2.16. The van der Waals surface area contributed by atoms with Crippen LogP contribution in [0.15, 0.2) is 17.0 Å². The van der Waals surface area contributed by atoms with Crippen molar-refractivity contribution in [1.29, 1.82) is 0 Å². The Morgan fingerprint density at radius 2 is 1.80 bits per heavy atom. The van der Waals surface area contributed by atoms with E-state index in [4.69, 9.17) is 0 Å². The third kappa shape index (κ3) is 5.29. The molecule has 0 spiro atoms. The smallest absolute Gasteiger partial charge is 0.242 e. The summed E-state index contributed by atoms with van der Waals surface area (Å²) in [5, 5.41) is 7.51. The number of benzene rings is 1. The number of amides is 1. The molecular weight excluding hydrogens is 400 g/mol. The number of rotatable bonds is 8. The molecule has 0 fully saturated rings. The van der Waals surface area contributed by atoms with Crippen LogP contribution in [0.3, 0.4) is 0 Å². The first-order chi connectivity index (χ1) is 13.8. The second-order valence-electron chi connectivity index (χ2n) is 8.47. The molecule has 166 valence electrons. The maximum atomic E-state index is 12.7. The minimum atomic E-state index is -3.58. The molecule has 1 aromatic heterocycles. The zero-order valence-electron chi connectivity index (χ0n) is 19.3. The van der Waals surface area contributed by atoms with Crippen molar-refractivity contribution < 1.29 is 13.2 Å². The zero-order valence-corrected chi connectivity index (χ0v) is 20.1. The Labute approximate surface area is 180 Å². The Hall–Kier alpha value is -2.19. The van der Waals surface area contributed by atoms with Gasteiger partial charge in [-0.3, -0.25) is 9.48 Å². The molecule has 2 rings (SSSR count). The van der Waals surface area contributed by atoms with Crippen LogP contribution in [0.2, 0.25) is 0 Å². The van der Waals surface area contributed by atoms with E-state index >= 15 is 0 Å². The van der Waals surface area contributed by atoms with Crippen LogP contribution in [0.1, 0.15) is 48.3 Å². The quantitative estimate of drug-likeness (QED) is 0.688. The SMILES string of the molecule is Cc1cc(S(=O)(=O)N(C)C)cc(NC(=O)CCc2c(C)nn(CC(C)C)c2C)c1C. The highest BCUT2D eigenvalue weighted by molar-refractivity contribution is 7.89. The van der Waals surface area contributed by atoms with Gasteiger partial charge in [-0.25, -0.2) is 12.7 Å². The molecule has 0 aliphatic rings. The minimum absolute atomic E-state index is 0.146. The molecule has 0 aliphatic heterocycles. The van der Waals surface area contributed by atoms with Gasteiger partial charge in [-0.15, -0.1) is 0 Å². The minimum Gasteiger partial charge on any atom is -0.326 e. The molecule has 0 radical (unpaired) electrons. The predicted octanol–water partition coefficient (Wildman–Crippen LogP) is 3.59. The molecule has 2 aromatic rings. The number of carbonyl (C=O) groups is 1. The fraction of sp³-hybridized carbons (Fsp3) is 0.545. The lowest BCUT2D eigenvalue weighted by Crippen LogP contribution is -2.23. The van der Waals surface area contributed by atoms with Crippen LogP contribution in [0.25, 0.3) is 0 Å². The van der Waals surface area contributed by atoms with Crippen molar-refractivity contribution in [2.24, 2.45) is 5.92 Å². The summed E-state index contributed by atoms with van der Waals surface area (Å²) in [6.45, 7) is 12.9. The first-order valence-corrected chi connectivity index (χ1v) is 11.6. The second kappa shape index (κ2) is 9.31. The van der Waals surface area contributed by atoms with Gasteiger partial charge in [0.05, 0.1) is 10.6 Å². The average molecular weight is 435 g/mol. The van der Waals surface area contributed by atoms with Crippen LogP contribution < -0.4 is 5.32 Å². The Balaban J connectivity index is 2.18. The Morgan fingerprint density at radius 3 is 2.37 bits per heavy atom. The number of sulfonamides is 1. The molecule has 7 nitrogen and oxygen atoms in total. The Bertz CT molecular complexity index is 1040. The van der Waals surface area contributed by atoms with Crippen LogP contribution in [0.4, 0.5) is 5.69 Å². The van der Waals surface area contributed by atoms with E-state index in [0.717, 1.165) is 34.6 Å². The Morgan fingerprint density at radius 1 is 1.17 bits per heavy atom. The lowest BCUT2D eigenvalue weighted by molar-refractivity contribution is -0.116. The molecule has 0 bridgehead atoms. The van der Waals surface area contributed by atoms with Crippen molar-refractivity contribution in [3.8, 4) is 0 Å². The van der Waals surface area contributed by atoms with E-state index in [0.29, 0.717) is 24.4 Å². The molecular formula is C22H34N4O3S. The molecule has 1 heterocycles. The van der Waals surface area contributed by atoms with E-state index in [1.54, 1.807) is 6.07 Å². The van der Waals surface area contributed by atoms with Gasteiger partial charge in [-0.05, 0) is 68.9 Å². The van der Waals surface area contributed by atoms with Crippen molar-refractivity contribution in [1.82, 2.24) is 14.1 Å². The zero-order chi connectivity index (χ0) is 22.8. The van der Waals surface area contributed by atoms with Crippen LogP contribution in [0, 0.1) is 33.6 Å². The van der Waals surface area contributed by atoms with E-state index in [9.17, 15) is 13.2 Å². The fourth-order valence-corrected chi connectivity index (χ4v) is 4.40. The maximum Gasteiger partial charge on any atom is 0.242 e. The highest BCUT2D eigenvalue weighted by Gasteiger charge is 2.20. The summed E-state index contributed by atoms with van der Waals surface area (Å²) in [7, 11) is -0.591. The summed E-state index contributed by atoms with van der Waals surface area (Å²) >= 11 is 0. The van der Waals surface area contributed by atoms with Crippen molar-refractivity contribution >= 4 is 21.6 Å². The fourth-order valence-electron chi connectivity index (χ4n) is 3.39. The van der Waals surface area contributed by atoms with Crippen molar-refractivity contribution in [2.45, 2.75) is 65.8 Å². The molecule has 30 heavy (non-hydrogen) atoms. The molecule has 0 saturated heterocycles. The van der Waals surface area contributed by atoms with Gasteiger partial charge in [-0.1, -0.05) is 13.8 Å². The number of nitrogens with one attached hydrogen (secondary N) is 1. The first-order valence-electron chi connectivity index (χ1n) is 10.2. The van der Waals surface area contributed by atoms with E-state index in [2.05, 4.69) is 24.3 Å². The Kier molecular flexibility index (Phi) is 7.47. The molecule has 0 atom stereocenters. The first kappa shape index (κ1) is 24.1. The summed E-state index contributed by atoms with van der Waals surface area (Å²) in [5.74, 6) is 0.350. The third-order valence-corrected chi connectivity index (χ3v) is 7.16. The topological polar surface area (TPSA) is 84.3 Å². The number of hydrogen-bond acceptors (Lipinski definition) is 4. The summed E-state index contributed by atoms with van der Waals surface area (Å²) < 4.78 is 28.2. The second-order valence-corrected chi connectivity index (χ2v) is 10.6. The number of hydrogen-bond donors (Lipinski definition) is 1. The molecule has 1 aromatic carbocycles. The monoisotopic (exact) mass is 434 g/mol. The van der Waals surface area contributed by atoms with Gasteiger partial charge in [0.2, 0.25) is 15.9 Å². The summed E-state index contributed by atoms with van der Waals surface area (Å²) in [6, 6.07) is 3.17. The van der Waals surface area contributed by atoms with Crippen molar-refractivity contribution in [3.63, 3.8) is 0 Å². The highest BCUT2D eigenvalue weighted by Crippen LogP contribution is 2.26. The predicted molar refractivity (Wildman–Crippen MR) is 120 cm³/mol. The van der Waals surface area contributed by atoms with Gasteiger partial charge in [0.15, 0.2) is 0 Å². The van der Waals surface area contributed by atoms with Crippen LogP contribution >= 0.6 is 0 Å². The van der Waals surface area contributed by atoms with Crippen LogP contribution in [0.5, 0.6) is 0 Å². The molecule has 0 unspecified atom stereocenters. The van der Waals surface area contributed by atoms with Crippen molar-refractivity contribution in [3.05, 3.63) is 40.2 Å². The normalized spacial score (nSPS) is 12.1. The number of anilines is 1. The molecule has 8 heteroatoms. The number of aromatic nitrogens is 2.